The maximum Gasteiger partial charge on any atom is 0.375 e. The summed E-state index contributed by atoms with van der Waals surface area (Å²) < 4.78 is 36.6. The van der Waals surface area contributed by atoms with Crippen LogP contribution in [0.15, 0.2) is 29.2 Å². The first kappa shape index (κ1) is 22.3. The molecule has 0 saturated heterocycles. The molecule has 144 valence electrons. The van der Waals surface area contributed by atoms with Crippen molar-refractivity contribution in [2.24, 2.45) is 0 Å². The summed E-state index contributed by atoms with van der Waals surface area (Å²) in [6.07, 6.45) is 0. The Labute approximate surface area is 160 Å². The highest BCUT2D eigenvalue weighted by Gasteiger charge is 2.39. The summed E-state index contributed by atoms with van der Waals surface area (Å²) in [7, 11) is -4.14. The van der Waals surface area contributed by atoms with Crippen LogP contribution in [0.1, 0.15) is 19.4 Å². The van der Waals surface area contributed by atoms with Crippen LogP contribution in [-0.4, -0.2) is 50.2 Å². The summed E-state index contributed by atoms with van der Waals surface area (Å²) in [4.78, 5) is 34.3. The first-order chi connectivity index (χ1) is 12.1. The van der Waals surface area contributed by atoms with Gasteiger partial charge >= 0.3 is 11.9 Å². The Kier molecular flexibility index (Phi) is 8.38. The second-order valence-corrected chi connectivity index (χ2v) is 7.85. The van der Waals surface area contributed by atoms with Crippen molar-refractivity contribution in [3.8, 4) is 0 Å². The number of hydrogen-bond acceptors (Lipinski definition) is 7. The molecular weight excluding hydrogens is 430 g/mol. The largest absolute Gasteiger partial charge is 0.465 e. The molecule has 0 aliphatic heterocycles. The normalized spacial score (nSPS) is 13.5. The highest BCUT2D eigenvalue weighted by molar-refractivity contribution is 9.10. The van der Waals surface area contributed by atoms with Gasteiger partial charge in [0.2, 0.25) is 10.0 Å². The molecule has 0 bridgehead atoms. The number of carbonyl (C=O) groups excluding carboxylic acids is 3. The molecule has 0 aliphatic rings. The first-order valence-corrected chi connectivity index (χ1v) is 10.1. The maximum atomic E-state index is 12.5. The average Bonchev–Trinajstić information content (AvgIpc) is 2.59. The maximum absolute atomic E-state index is 12.5. The van der Waals surface area contributed by atoms with Crippen molar-refractivity contribution in [3.05, 3.63) is 29.8 Å². The molecule has 26 heavy (non-hydrogen) atoms. The molecule has 8 nitrogen and oxygen atoms in total. The lowest BCUT2D eigenvalue weighted by Crippen LogP contribution is -2.51. The van der Waals surface area contributed by atoms with Crippen LogP contribution in [0.3, 0.4) is 0 Å². The van der Waals surface area contributed by atoms with Gasteiger partial charge in [0.05, 0.1) is 18.1 Å². The van der Waals surface area contributed by atoms with Crippen molar-refractivity contribution in [1.82, 2.24) is 4.72 Å². The fourth-order valence-corrected chi connectivity index (χ4v) is 3.79. The number of rotatable bonds is 9. The van der Waals surface area contributed by atoms with E-state index in [4.69, 9.17) is 4.74 Å². The van der Waals surface area contributed by atoms with E-state index in [1.807, 2.05) is 0 Å². The van der Waals surface area contributed by atoms with Gasteiger partial charge in [0, 0.05) is 0 Å². The number of alkyl halides is 1. The Morgan fingerprint density at radius 3 is 2.12 bits per heavy atom. The molecule has 0 heterocycles. The number of carbonyl (C=O) groups is 3. The van der Waals surface area contributed by atoms with E-state index >= 15 is 0 Å². The Bertz CT molecular complexity index is 761. The Balaban J connectivity index is 3.13. The molecule has 1 aromatic carbocycles. The average molecular weight is 450 g/mol. The minimum absolute atomic E-state index is 0.0328. The van der Waals surface area contributed by atoms with Gasteiger partial charge in [0.15, 0.2) is 0 Å². The summed E-state index contributed by atoms with van der Waals surface area (Å²) in [5.41, 5.74) is 0.849. The highest BCUT2D eigenvalue weighted by Crippen LogP contribution is 2.16. The molecule has 10 heteroatoms. The van der Waals surface area contributed by atoms with E-state index in [0.717, 1.165) is 5.56 Å². The number of benzene rings is 1. The third-order valence-electron chi connectivity index (χ3n) is 3.17. The molecule has 0 fully saturated rings. The third kappa shape index (κ3) is 5.89. The highest BCUT2D eigenvalue weighted by atomic mass is 79.9. The van der Waals surface area contributed by atoms with E-state index in [9.17, 15) is 22.8 Å². The predicted octanol–water partition coefficient (Wildman–Crippen LogP) is 1.10. The standard InChI is InChI=1S/C16H20BrNO7S/c1-4-24-15(20)13(12(17)14(19)16(21)25-5-2)18-26(22,23)11-8-6-10(3)7-9-11/h6-9,12-13,18H,4-5H2,1-3H3/t12-,13+/m0/s1. The summed E-state index contributed by atoms with van der Waals surface area (Å²) in [6, 6.07) is 4.25. The van der Waals surface area contributed by atoms with Gasteiger partial charge in [-0.05, 0) is 32.9 Å². The van der Waals surface area contributed by atoms with Crippen molar-refractivity contribution < 1.29 is 32.3 Å². The number of sulfonamides is 1. The number of ketones is 1. The van der Waals surface area contributed by atoms with Gasteiger partial charge in [0.1, 0.15) is 10.9 Å². The fraction of sp³-hybridized carbons (Fsp3) is 0.438. The molecular formula is C16H20BrNO7S. The van der Waals surface area contributed by atoms with Gasteiger partial charge in [-0.3, -0.25) is 9.59 Å². The van der Waals surface area contributed by atoms with Crippen molar-refractivity contribution in [2.75, 3.05) is 13.2 Å². The predicted molar refractivity (Wildman–Crippen MR) is 96.3 cm³/mol. The minimum Gasteiger partial charge on any atom is -0.465 e. The molecule has 1 aromatic rings. The third-order valence-corrected chi connectivity index (χ3v) is 5.58. The Morgan fingerprint density at radius 2 is 1.62 bits per heavy atom. The number of hydrogen-bond donors (Lipinski definition) is 1. The number of Topliss-reactive ketones (excluding diaryl/α,β-unsaturated/α-hetero) is 1. The van der Waals surface area contributed by atoms with Crippen LogP contribution in [0.5, 0.6) is 0 Å². The zero-order valence-corrected chi connectivity index (χ0v) is 16.9. The van der Waals surface area contributed by atoms with Crippen molar-refractivity contribution in [1.29, 1.82) is 0 Å². The van der Waals surface area contributed by atoms with Crippen LogP contribution in [0, 0.1) is 6.92 Å². The summed E-state index contributed by atoms with van der Waals surface area (Å²) >= 11 is 2.91. The lowest BCUT2D eigenvalue weighted by atomic mass is 10.1. The van der Waals surface area contributed by atoms with Gasteiger partial charge in [0.25, 0.3) is 5.78 Å². The van der Waals surface area contributed by atoms with E-state index in [1.165, 1.54) is 26.0 Å². The van der Waals surface area contributed by atoms with Crippen LogP contribution in [-0.2, 0) is 33.9 Å². The number of ether oxygens (including phenoxy) is 2. The molecule has 0 radical (unpaired) electrons. The van der Waals surface area contributed by atoms with Crippen LogP contribution < -0.4 is 4.72 Å². The summed E-state index contributed by atoms with van der Waals surface area (Å²) in [5, 5.41) is 0. The monoisotopic (exact) mass is 449 g/mol. The van der Waals surface area contributed by atoms with E-state index in [1.54, 1.807) is 19.1 Å². The molecule has 0 aromatic heterocycles. The first-order valence-electron chi connectivity index (χ1n) is 7.74. The topological polar surface area (TPSA) is 116 Å². The number of halogens is 1. The molecule has 1 N–H and O–H groups in total. The Hall–Kier alpha value is -1.78. The van der Waals surface area contributed by atoms with Gasteiger partial charge in [-0.1, -0.05) is 33.6 Å². The van der Waals surface area contributed by atoms with Gasteiger partial charge in [-0.25, -0.2) is 13.2 Å². The Morgan fingerprint density at radius 1 is 1.08 bits per heavy atom. The van der Waals surface area contributed by atoms with E-state index in [-0.39, 0.29) is 18.1 Å². The van der Waals surface area contributed by atoms with Gasteiger partial charge < -0.3 is 9.47 Å². The lowest BCUT2D eigenvalue weighted by molar-refractivity contribution is -0.154. The number of esters is 2. The van der Waals surface area contributed by atoms with E-state index in [2.05, 4.69) is 25.4 Å². The SMILES string of the molecule is CCOC(=O)C(=O)[C@@H](Br)[C@@H](NS(=O)(=O)c1ccc(C)cc1)C(=O)OCC. The zero-order chi connectivity index (χ0) is 19.9. The molecule has 0 unspecified atom stereocenters. The van der Waals surface area contributed by atoms with Crippen LogP contribution >= 0.6 is 15.9 Å². The van der Waals surface area contributed by atoms with Crippen LogP contribution in [0.4, 0.5) is 0 Å². The summed E-state index contributed by atoms with van der Waals surface area (Å²) in [6.45, 7) is 4.76. The fourth-order valence-electron chi connectivity index (χ4n) is 1.88. The van der Waals surface area contributed by atoms with Crippen LogP contribution in [0.25, 0.3) is 0 Å². The summed E-state index contributed by atoms with van der Waals surface area (Å²) in [5.74, 6) is -3.28. The lowest BCUT2D eigenvalue weighted by Gasteiger charge is -2.20. The quantitative estimate of drug-likeness (QED) is 0.340. The van der Waals surface area contributed by atoms with Crippen molar-refractivity contribution in [2.45, 2.75) is 36.5 Å². The molecule has 0 saturated carbocycles. The van der Waals surface area contributed by atoms with Gasteiger partial charge in [-0.2, -0.15) is 4.72 Å². The zero-order valence-electron chi connectivity index (χ0n) is 14.5. The smallest absolute Gasteiger partial charge is 0.375 e. The van der Waals surface area contributed by atoms with Crippen molar-refractivity contribution >= 4 is 43.7 Å². The molecule has 0 aliphatic carbocycles. The second kappa shape index (κ2) is 9.79. The van der Waals surface area contributed by atoms with E-state index in [0.29, 0.717) is 0 Å². The second-order valence-electron chi connectivity index (χ2n) is 5.15. The molecule has 0 amide bonds. The number of aryl methyl sites for hydroxylation is 1. The van der Waals surface area contributed by atoms with E-state index < -0.39 is 38.6 Å². The van der Waals surface area contributed by atoms with Crippen LogP contribution in [0.2, 0.25) is 0 Å². The number of nitrogens with one attached hydrogen (secondary N) is 1. The minimum atomic E-state index is -4.14. The van der Waals surface area contributed by atoms with Gasteiger partial charge in [-0.15, -0.1) is 0 Å². The molecule has 0 spiro atoms. The molecule has 1 rings (SSSR count). The molecule has 2 atom stereocenters. The van der Waals surface area contributed by atoms with Crippen molar-refractivity contribution in [3.63, 3.8) is 0 Å².